The van der Waals surface area contributed by atoms with Crippen LogP contribution in [0, 0.1) is 0 Å². The van der Waals surface area contributed by atoms with E-state index in [1.165, 1.54) is 5.69 Å². The molecule has 2 rings (SSSR count). The van der Waals surface area contributed by atoms with Crippen LogP contribution >= 0.6 is 0 Å². The van der Waals surface area contributed by atoms with Crippen LogP contribution in [-0.4, -0.2) is 55.9 Å². The summed E-state index contributed by atoms with van der Waals surface area (Å²) >= 11 is 0. The normalized spacial score (nSPS) is 18.6. The van der Waals surface area contributed by atoms with Crippen molar-refractivity contribution in [2.24, 2.45) is 0 Å². The fourth-order valence-corrected chi connectivity index (χ4v) is 2.63. The van der Waals surface area contributed by atoms with Gasteiger partial charge in [-0.2, -0.15) is 0 Å². The minimum Gasteiger partial charge on any atom is -0.497 e. The number of aliphatic hydroxyl groups is 1. The Bertz CT molecular complexity index is 394. The van der Waals surface area contributed by atoms with Gasteiger partial charge in [-0.25, -0.2) is 0 Å². The summed E-state index contributed by atoms with van der Waals surface area (Å²) in [4.78, 5) is 4.79. The highest BCUT2D eigenvalue weighted by atomic mass is 16.5. The third kappa shape index (κ3) is 4.12. The molecule has 0 bridgehead atoms. The van der Waals surface area contributed by atoms with E-state index in [2.05, 4.69) is 21.9 Å². The van der Waals surface area contributed by atoms with Crippen molar-refractivity contribution in [3.05, 3.63) is 24.3 Å². The van der Waals surface area contributed by atoms with Crippen LogP contribution in [0.1, 0.15) is 19.8 Å². The van der Waals surface area contributed by atoms with Crippen LogP contribution in [0.25, 0.3) is 0 Å². The second-order valence-electron chi connectivity index (χ2n) is 5.40. The molecule has 1 aliphatic heterocycles. The molecule has 0 saturated carbocycles. The number of hydrogen-bond acceptors (Lipinski definition) is 4. The van der Waals surface area contributed by atoms with Crippen LogP contribution in [0.15, 0.2) is 24.3 Å². The molecule has 1 saturated heterocycles. The molecule has 0 aromatic heterocycles. The van der Waals surface area contributed by atoms with Gasteiger partial charge < -0.3 is 14.7 Å². The monoisotopic (exact) mass is 278 g/mol. The predicted octanol–water partition coefficient (Wildman–Crippen LogP) is 1.98. The molecule has 0 spiro atoms. The van der Waals surface area contributed by atoms with Crippen molar-refractivity contribution in [2.45, 2.75) is 25.9 Å². The van der Waals surface area contributed by atoms with Crippen LogP contribution in [0.2, 0.25) is 0 Å². The first-order chi connectivity index (χ1) is 9.72. The highest BCUT2D eigenvalue weighted by molar-refractivity contribution is 5.49. The molecule has 0 unspecified atom stereocenters. The molecule has 1 aromatic carbocycles. The van der Waals surface area contributed by atoms with Gasteiger partial charge in [0.05, 0.1) is 13.2 Å². The smallest absolute Gasteiger partial charge is 0.119 e. The zero-order valence-electron chi connectivity index (χ0n) is 12.6. The Morgan fingerprint density at radius 3 is 2.55 bits per heavy atom. The molecule has 0 amide bonds. The Balaban J connectivity index is 1.91. The summed E-state index contributed by atoms with van der Waals surface area (Å²) in [5.41, 5.74) is 1.25. The van der Waals surface area contributed by atoms with Gasteiger partial charge in [-0.3, -0.25) is 4.90 Å². The van der Waals surface area contributed by atoms with Crippen molar-refractivity contribution in [2.75, 3.05) is 44.7 Å². The first-order valence-electron chi connectivity index (χ1n) is 7.52. The van der Waals surface area contributed by atoms with Gasteiger partial charge >= 0.3 is 0 Å². The summed E-state index contributed by atoms with van der Waals surface area (Å²) in [5, 5.41) is 9.77. The molecule has 0 aliphatic carbocycles. The first-order valence-corrected chi connectivity index (χ1v) is 7.52. The van der Waals surface area contributed by atoms with Crippen molar-refractivity contribution in [1.29, 1.82) is 0 Å². The third-order valence-electron chi connectivity index (χ3n) is 3.97. The average Bonchev–Trinajstić information content (AvgIpc) is 2.73. The Hall–Kier alpha value is -1.26. The van der Waals surface area contributed by atoms with E-state index in [-0.39, 0.29) is 6.10 Å². The lowest BCUT2D eigenvalue weighted by Crippen LogP contribution is -2.35. The van der Waals surface area contributed by atoms with Crippen LogP contribution in [0.3, 0.4) is 0 Å². The zero-order valence-corrected chi connectivity index (χ0v) is 12.6. The molecule has 1 heterocycles. The summed E-state index contributed by atoms with van der Waals surface area (Å²) in [7, 11) is 1.69. The SMILES string of the molecule is CC[C@@H](O)CN1CCCN(c2ccc(OC)cc2)CC1. The highest BCUT2D eigenvalue weighted by Crippen LogP contribution is 2.20. The molecule has 112 valence electrons. The topological polar surface area (TPSA) is 35.9 Å². The van der Waals surface area contributed by atoms with Crippen molar-refractivity contribution in [1.82, 2.24) is 4.90 Å². The fraction of sp³-hybridized carbons (Fsp3) is 0.625. The summed E-state index contributed by atoms with van der Waals surface area (Å²) in [6, 6.07) is 8.27. The molecular weight excluding hydrogens is 252 g/mol. The number of methoxy groups -OCH3 is 1. The number of benzene rings is 1. The Morgan fingerprint density at radius 1 is 1.15 bits per heavy atom. The summed E-state index contributed by atoms with van der Waals surface area (Å²) in [5.74, 6) is 0.899. The maximum absolute atomic E-state index is 9.77. The average molecular weight is 278 g/mol. The quantitative estimate of drug-likeness (QED) is 0.893. The number of β-amino-alcohol motifs (C(OH)–C–C–N with tert-alkyl or cyclic N) is 1. The number of hydrogen-bond donors (Lipinski definition) is 1. The molecule has 1 aliphatic rings. The maximum Gasteiger partial charge on any atom is 0.119 e. The standard InChI is InChI=1S/C16H26N2O2/c1-3-15(19)13-17-9-4-10-18(12-11-17)14-5-7-16(20-2)8-6-14/h5-8,15,19H,3-4,9-13H2,1-2H3/t15-/m1/s1. The van der Waals surface area contributed by atoms with Crippen molar-refractivity contribution >= 4 is 5.69 Å². The van der Waals surface area contributed by atoms with E-state index in [9.17, 15) is 5.11 Å². The Kier molecular flexibility index (Phi) is 5.68. The summed E-state index contributed by atoms with van der Waals surface area (Å²) in [6.45, 7) is 7.01. The van der Waals surface area contributed by atoms with Crippen molar-refractivity contribution < 1.29 is 9.84 Å². The molecule has 4 nitrogen and oxygen atoms in total. The van der Waals surface area contributed by atoms with E-state index < -0.39 is 0 Å². The highest BCUT2D eigenvalue weighted by Gasteiger charge is 2.17. The van der Waals surface area contributed by atoms with Crippen molar-refractivity contribution in [3.63, 3.8) is 0 Å². The van der Waals surface area contributed by atoms with E-state index in [1.54, 1.807) is 7.11 Å². The predicted molar refractivity (Wildman–Crippen MR) is 82.6 cm³/mol. The lowest BCUT2D eigenvalue weighted by Gasteiger charge is -2.24. The third-order valence-corrected chi connectivity index (χ3v) is 3.97. The molecule has 1 fully saturated rings. The van der Waals surface area contributed by atoms with Gasteiger partial charge in [-0.1, -0.05) is 6.92 Å². The van der Waals surface area contributed by atoms with E-state index in [1.807, 2.05) is 19.1 Å². The van der Waals surface area contributed by atoms with E-state index in [4.69, 9.17) is 4.74 Å². The molecule has 1 aromatic rings. The van der Waals surface area contributed by atoms with Gasteiger partial charge in [-0.15, -0.1) is 0 Å². The lowest BCUT2D eigenvalue weighted by atomic mass is 10.2. The van der Waals surface area contributed by atoms with Gasteiger partial charge in [0, 0.05) is 31.9 Å². The van der Waals surface area contributed by atoms with Crippen LogP contribution in [-0.2, 0) is 0 Å². The number of ether oxygens (including phenoxy) is 1. The number of nitrogens with zero attached hydrogens (tertiary/aromatic N) is 2. The molecule has 0 radical (unpaired) electrons. The van der Waals surface area contributed by atoms with E-state index in [0.29, 0.717) is 0 Å². The molecular formula is C16H26N2O2. The second kappa shape index (κ2) is 7.50. The van der Waals surface area contributed by atoms with Gasteiger partial charge in [0.25, 0.3) is 0 Å². The van der Waals surface area contributed by atoms with Gasteiger partial charge in [0.2, 0.25) is 0 Å². The number of rotatable bonds is 5. The molecule has 20 heavy (non-hydrogen) atoms. The molecule has 1 atom stereocenters. The summed E-state index contributed by atoms with van der Waals surface area (Å²) in [6.07, 6.45) is 1.78. The van der Waals surface area contributed by atoms with Crippen LogP contribution in [0.4, 0.5) is 5.69 Å². The fourth-order valence-electron chi connectivity index (χ4n) is 2.63. The Morgan fingerprint density at radius 2 is 1.90 bits per heavy atom. The van der Waals surface area contributed by atoms with Crippen LogP contribution < -0.4 is 9.64 Å². The van der Waals surface area contributed by atoms with E-state index in [0.717, 1.165) is 51.3 Å². The Labute approximate surface area is 122 Å². The maximum atomic E-state index is 9.77. The van der Waals surface area contributed by atoms with Gasteiger partial charge in [0.15, 0.2) is 0 Å². The number of aliphatic hydroxyl groups excluding tert-OH is 1. The zero-order chi connectivity index (χ0) is 14.4. The van der Waals surface area contributed by atoms with Gasteiger partial charge in [0.1, 0.15) is 5.75 Å². The van der Waals surface area contributed by atoms with E-state index >= 15 is 0 Å². The first kappa shape index (κ1) is 15.1. The second-order valence-corrected chi connectivity index (χ2v) is 5.40. The van der Waals surface area contributed by atoms with Gasteiger partial charge in [-0.05, 0) is 43.7 Å². The largest absolute Gasteiger partial charge is 0.497 e. The number of anilines is 1. The minimum atomic E-state index is -0.192. The minimum absolute atomic E-state index is 0.192. The summed E-state index contributed by atoms with van der Waals surface area (Å²) < 4.78 is 5.20. The van der Waals surface area contributed by atoms with Crippen LogP contribution in [0.5, 0.6) is 5.75 Å². The molecule has 4 heteroatoms. The van der Waals surface area contributed by atoms with Crippen molar-refractivity contribution in [3.8, 4) is 5.75 Å². The molecule has 1 N–H and O–H groups in total. The lowest BCUT2D eigenvalue weighted by molar-refractivity contribution is 0.113.